The topological polar surface area (TPSA) is 90.0 Å². The fraction of sp³-hybridized carbons (Fsp3) is 0.316. The van der Waals surface area contributed by atoms with Crippen molar-refractivity contribution in [2.45, 2.75) is 13.0 Å². The summed E-state index contributed by atoms with van der Waals surface area (Å²) in [5.41, 5.74) is 2.04. The molecule has 0 saturated carbocycles. The number of amides is 1. The largest absolute Gasteiger partial charge is 0.508 e. The summed E-state index contributed by atoms with van der Waals surface area (Å²) >= 11 is 0. The van der Waals surface area contributed by atoms with Crippen molar-refractivity contribution < 1.29 is 18.3 Å². The van der Waals surface area contributed by atoms with Crippen LogP contribution in [0.1, 0.15) is 22.3 Å². The molecule has 7 nitrogen and oxygen atoms in total. The molecule has 1 aliphatic heterocycles. The number of thiol groups is 1. The zero-order chi connectivity index (χ0) is 19.2. The van der Waals surface area contributed by atoms with E-state index in [2.05, 4.69) is 9.62 Å². The van der Waals surface area contributed by atoms with E-state index in [4.69, 9.17) is 0 Å². The van der Waals surface area contributed by atoms with Gasteiger partial charge in [0.15, 0.2) is 0 Å². The van der Waals surface area contributed by atoms with Crippen LogP contribution in [0.5, 0.6) is 5.75 Å². The van der Waals surface area contributed by atoms with Gasteiger partial charge >= 0.3 is 0 Å². The van der Waals surface area contributed by atoms with Crippen molar-refractivity contribution in [1.82, 2.24) is 9.80 Å². The molecule has 1 aliphatic rings. The molecule has 1 fully saturated rings. The van der Waals surface area contributed by atoms with Gasteiger partial charge in [-0.1, -0.05) is 12.1 Å². The Balaban J connectivity index is 1.59. The van der Waals surface area contributed by atoms with Crippen molar-refractivity contribution in [2.75, 3.05) is 30.9 Å². The van der Waals surface area contributed by atoms with Crippen LogP contribution in [-0.2, 0) is 17.4 Å². The molecule has 144 valence electrons. The van der Waals surface area contributed by atoms with E-state index in [1.54, 1.807) is 36.4 Å². The van der Waals surface area contributed by atoms with E-state index in [1.807, 2.05) is 17.0 Å². The van der Waals surface area contributed by atoms with Crippen LogP contribution in [0.15, 0.2) is 48.5 Å². The maximum absolute atomic E-state index is 12.7. The highest BCUT2D eigenvalue weighted by Gasteiger charge is 2.20. The van der Waals surface area contributed by atoms with Gasteiger partial charge in [-0.3, -0.25) is 14.4 Å². The van der Waals surface area contributed by atoms with Gasteiger partial charge in [0.2, 0.25) is 10.9 Å². The smallest absolute Gasteiger partial charge is 0.253 e. The van der Waals surface area contributed by atoms with Gasteiger partial charge in [-0.15, -0.1) is 0 Å². The molecule has 3 rings (SSSR count). The van der Waals surface area contributed by atoms with Crippen LogP contribution in [0.2, 0.25) is 0 Å². The Morgan fingerprint density at radius 2 is 1.81 bits per heavy atom. The molecule has 2 N–H and O–H groups in total. The number of phenols is 1. The second-order valence-corrected chi connectivity index (χ2v) is 7.28. The van der Waals surface area contributed by atoms with Crippen molar-refractivity contribution in [3.05, 3.63) is 59.7 Å². The third-order valence-corrected chi connectivity index (χ3v) is 4.99. The molecule has 0 unspecified atom stereocenters. The van der Waals surface area contributed by atoms with Gasteiger partial charge in [-0.25, -0.2) is 8.42 Å². The van der Waals surface area contributed by atoms with Gasteiger partial charge in [-0.05, 0) is 48.4 Å². The molecule has 2 aromatic carbocycles. The predicted octanol–water partition coefficient (Wildman–Crippen LogP) is 1.68. The number of nitrogens with one attached hydrogen (secondary N) is 1. The molecule has 1 heterocycles. The van der Waals surface area contributed by atoms with Crippen molar-refractivity contribution in [3.63, 3.8) is 0 Å². The Morgan fingerprint density at radius 3 is 2.52 bits per heavy atom. The van der Waals surface area contributed by atoms with E-state index in [-0.39, 0.29) is 11.7 Å². The Bertz CT molecular complexity index is 860. The average molecular weight is 389 g/mol. The lowest BCUT2D eigenvalue weighted by atomic mass is 10.2. The van der Waals surface area contributed by atoms with Crippen LogP contribution in [0.25, 0.3) is 0 Å². The summed E-state index contributed by atoms with van der Waals surface area (Å²) in [5, 5.41) is 9.60. The number of carbonyl (C=O) groups excluding carboxylic acids is 1. The summed E-state index contributed by atoms with van der Waals surface area (Å²) in [6.45, 7) is 3.70. The van der Waals surface area contributed by atoms with Gasteiger partial charge in [0.25, 0.3) is 5.91 Å². The lowest BCUT2D eigenvalue weighted by Crippen LogP contribution is -2.35. The van der Waals surface area contributed by atoms with Crippen LogP contribution in [-0.4, -0.2) is 55.4 Å². The van der Waals surface area contributed by atoms with Crippen molar-refractivity contribution >= 4 is 22.5 Å². The molecule has 0 aromatic heterocycles. The molecule has 2 aromatic rings. The van der Waals surface area contributed by atoms with E-state index >= 15 is 0 Å². The first-order valence-corrected chi connectivity index (χ1v) is 10.00. The minimum Gasteiger partial charge on any atom is -0.508 e. The third-order valence-electron chi connectivity index (χ3n) is 4.54. The van der Waals surface area contributed by atoms with Gasteiger partial charge < -0.3 is 10.0 Å². The zero-order valence-electron chi connectivity index (χ0n) is 14.9. The van der Waals surface area contributed by atoms with E-state index in [0.717, 1.165) is 31.6 Å². The Kier molecular flexibility index (Phi) is 6.31. The molecular formula is C19H23N3O4S. The molecule has 8 heteroatoms. The molecule has 0 spiro atoms. The SMILES string of the molecule is O=C(c1ccc(N[SH](=O)=O)cc1)N1CCCN(Cc2cccc(O)c2)CC1. The standard InChI is InChI=1S/C19H23N3O4S/c23-18-4-1-3-15(13-18)14-21-9-2-10-22(12-11-21)19(24)16-5-7-17(8-6-16)20-27(25)26/h1,3-8,13,23,27H,2,9-12,14H2,(H,20,25,26). The summed E-state index contributed by atoms with van der Waals surface area (Å²) in [5.74, 6) is 0.214. The van der Waals surface area contributed by atoms with Crippen LogP contribution >= 0.6 is 0 Å². The van der Waals surface area contributed by atoms with Crippen molar-refractivity contribution in [3.8, 4) is 5.75 Å². The summed E-state index contributed by atoms with van der Waals surface area (Å²) in [6.07, 6.45) is 0.876. The minimum atomic E-state index is -2.71. The Labute approximate surface area is 160 Å². The quantitative estimate of drug-likeness (QED) is 0.677. The third kappa shape index (κ3) is 5.45. The Morgan fingerprint density at radius 1 is 1.04 bits per heavy atom. The molecule has 0 aliphatic carbocycles. The normalized spacial score (nSPS) is 15.5. The van der Waals surface area contributed by atoms with Crippen LogP contribution in [0.4, 0.5) is 5.69 Å². The number of hydrogen-bond donors (Lipinski definition) is 3. The summed E-state index contributed by atoms with van der Waals surface area (Å²) < 4.78 is 23.7. The minimum absolute atomic E-state index is 0.0488. The van der Waals surface area contributed by atoms with E-state index in [1.165, 1.54) is 0 Å². The maximum Gasteiger partial charge on any atom is 0.253 e. The number of anilines is 1. The molecule has 1 amide bonds. The zero-order valence-corrected chi connectivity index (χ0v) is 15.8. The first-order chi connectivity index (χ1) is 13.0. The lowest BCUT2D eigenvalue weighted by molar-refractivity contribution is 0.0761. The van der Waals surface area contributed by atoms with Crippen LogP contribution in [0, 0.1) is 0 Å². The summed E-state index contributed by atoms with van der Waals surface area (Å²) in [7, 11) is -2.71. The number of aromatic hydroxyl groups is 1. The summed E-state index contributed by atoms with van der Waals surface area (Å²) in [4.78, 5) is 16.8. The number of carbonyl (C=O) groups is 1. The number of hydrogen-bond acceptors (Lipinski definition) is 5. The number of rotatable bonds is 5. The number of phenolic OH excluding ortho intramolecular Hbond substituents is 1. The first kappa shape index (κ1) is 19.2. The van der Waals surface area contributed by atoms with Gasteiger partial charge in [0.1, 0.15) is 5.75 Å². The van der Waals surface area contributed by atoms with Gasteiger partial charge in [-0.2, -0.15) is 0 Å². The van der Waals surface area contributed by atoms with E-state index in [9.17, 15) is 18.3 Å². The molecule has 27 heavy (non-hydrogen) atoms. The maximum atomic E-state index is 12.7. The number of benzene rings is 2. The van der Waals surface area contributed by atoms with Gasteiger partial charge in [0.05, 0.1) is 0 Å². The molecule has 0 radical (unpaired) electrons. The monoisotopic (exact) mass is 389 g/mol. The van der Waals surface area contributed by atoms with Crippen LogP contribution < -0.4 is 4.72 Å². The second-order valence-electron chi connectivity index (χ2n) is 6.54. The van der Waals surface area contributed by atoms with Crippen molar-refractivity contribution in [2.24, 2.45) is 0 Å². The molecule has 0 atom stereocenters. The lowest BCUT2D eigenvalue weighted by Gasteiger charge is -2.22. The van der Waals surface area contributed by atoms with Crippen molar-refractivity contribution in [1.29, 1.82) is 0 Å². The highest BCUT2D eigenvalue weighted by molar-refractivity contribution is 7.73. The highest BCUT2D eigenvalue weighted by Crippen LogP contribution is 2.16. The van der Waals surface area contributed by atoms with Gasteiger partial charge in [0, 0.05) is 44.0 Å². The molecule has 1 saturated heterocycles. The predicted molar refractivity (Wildman–Crippen MR) is 104 cm³/mol. The van der Waals surface area contributed by atoms with E-state index < -0.39 is 10.9 Å². The molecular weight excluding hydrogens is 366 g/mol. The second kappa shape index (κ2) is 8.88. The first-order valence-electron chi connectivity index (χ1n) is 8.82. The van der Waals surface area contributed by atoms with Crippen LogP contribution in [0.3, 0.4) is 0 Å². The highest BCUT2D eigenvalue weighted by atomic mass is 32.2. The molecule has 0 bridgehead atoms. The average Bonchev–Trinajstić information content (AvgIpc) is 2.87. The summed E-state index contributed by atoms with van der Waals surface area (Å²) in [6, 6.07) is 13.7. The number of nitrogens with zero attached hydrogens (tertiary/aromatic N) is 2. The van der Waals surface area contributed by atoms with E-state index in [0.29, 0.717) is 24.3 Å². The fourth-order valence-electron chi connectivity index (χ4n) is 3.22. The fourth-order valence-corrected chi connectivity index (χ4v) is 3.58. The Hall–Kier alpha value is -2.58.